The molecule has 0 aliphatic carbocycles. The summed E-state index contributed by atoms with van der Waals surface area (Å²) in [5.41, 5.74) is 2.92. The number of aryl methyl sites for hydroxylation is 1. The Morgan fingerprint density at radius 3 is 2.80 bits per heavy atom. The maximum absolute atomic E-state index is 13.7. The highest BCUT2D eigenvalue weighted by Gasteiger charge is 2.35. The molecule has 0 N–H and O–H groups in total. The highest BCUT2D eigenvalue weighted by molar-refractivity contribution is 5.87. The second-order valence-corrected chi connectivity index (χ2v) is 10.3. The second-order valence-electron chi connectivity index (χ2n) is 10.3. The van der Waals surface area contributed by atoms with Crippen molar-refractivity contribution < 1.29 is 13.9 Å². The lowest BCUT2D eigenvalue weighted by molar-refractivity contribution is 0.0146. The van der Waals surface area contributed by atoms with E-state index in [-0.39, 0.29) is 5.43 Å². The van der Waals surface area contributed by atoms with Gasteiger partial charge >= 0.3 is 0 Å². The third kappa shape index (κ3) is 4.03. The first-order valence-corrected chi connectivity index (χ1v) is 13.0. The van der Waals surface area contributed by atoms with Crippen LogP contribution in [0.5, 0.6) is 11.5 Å². The van der Waals surface area contributed by atoms with Crippen molar-refractivity contribution in [1.82, 2.24) is 9.80 Å². The number of hydrogen-bond donors (Lipinski definition) is 0. The van der Waals surface area contributed by atoms with Crippen LogP contribution in [0.2, 0.25) is 0 Å². The molecule has 2 aromatic carbocycles. The van der Waals surface area contributed by atoms with Crippen LogP contribution in [0.4, 0.5) is 0 Å². The summed E-state index contributed by atoms with van der Waals surface area (Å²) in [6.07, 6.45) is 6.58. The average molecular weight is 475 g/mol. The zero-order chi connectivity index (χ0) is 23.9. The minimum absolute atomic E-state index is 0.0294. The topological polar surface area (TPSA) is 55.2 Å². The minimum atomic E-state index is -0.0294. The molecule has 2 fully saturated rings. The van der Waals surface area contributed by atoms with Crippen molar-refractivity contribution in [2.24, 2.45) is 5.92 Å². The van der Waals surface area contributed by atoms with Gasteiger partial charge in [-0.05, 0) is 69.8 Å². The zero-order valence-electron chi connectivity index (χ0n) is 20.7. The summed E-state index contributed by atoms with van der Waals surface area (Å²) in [7, 11) is 1.62. The molecule has 3 aliphatic heterocycles. The Kier molecular flexibility index (Phi) is 6.02. The largest absolute Gasteiger partial charge is 0.496 e. The summed E-state index contributed by atoms with van der Waals surface area (Å²) in [5, 5.41) is 0.594. The summed E-state index contributed by atoms with van der Waals surface area (Å²) in [5.74, 6) is 2.76. The first-order valence-electron chi connectivity index (χ1n) is 13.0. The molecule has 184 valence electrons. The van der Waals surface area contributed by atoms with Crippen LogP contribution in [-0.4, -0.2) is 49.3 Å². The molecule has 1 aromatic heterocycles. The van der Waals surface area contributed by atoms with E-state index in [0.717, 1.165) is 30.0 Å². The average Bonchev–Trinajstić information content (AvgIpc) is 2.89. The molecule has 35 heavy (non-hydrogen) atoms. The number of hydrogen-bond acceptors (Lipinski definition) is 6. The van der Waals surface area contributed by atoms with E-state index in [4.69, 9.17) is 13.9 Å². The van der Waals surface area contributed by atoms with Crippen LogP contribution in [0.15, 0.2) is 45.6 Å². The lowest BCUT2D eigenvalue weighted by Crippen LogP contribution is -2.51. The fourth-order valence-electron chi connectivity index (χ4n) is 6.52. The van der Waals surface area contributed by atoms with Crippen LogP contribution in [0, 0.1) is 12.8 Å². The summed E-state index contributed by atoms with van der Waals surface area (Å²) >= 11 is 0. The molecule has 0 amide bonds. The number of piperidine rings is 2. The Labute approximate surface area is 206 Å². The predicted octanol–water partition coefficient (Wildman–Crippen LogP) is 5.19. The summed E-state index contributed by atoms with van der Waals surface area (Å²) in [4.78, 5) is 18.8. The second kappa shape index (κ2) is 9.32. The molecule has 0 spiro atoms. The van der Waals surface area contributed by atoms with E-state index in [1.807, 2.05) is 43.3 Å². The van der Waals surface area contributed by atoms with Gasteiger partial charge in [0, 0.05) is 24.7 Å². The summed E-state index contributed by atoms with van der Waals surface area (Å²) < 4.78 is 18.1. The molecule has 4 heterocycles. The van der Waals surface area contributed by atoms with Gasteiger partial charge in [0.15, 0.2) is 0 Å². The molecule has 0 unspecified atom stereocenters. The summed E-state index contributed by atoms with van der Waals surface area (Å²) in [6.45, 7) is 6.73. The number of nitrogens with zero attached hydrogens (tertiary/aromatic N) is 2. The number of rotatable bonds is 4. The van der Waals surface area contributed by atoms with Gasteiger partial charge < -0.3 is 18.8 Å². The Morgan fingerprint density at radius 2 is 1.91 bits per heavy atom. The molecule has 2 atom stereocenters. The highest BCUT2D eigenvalue weighted by Crippen LogP contribution is 2.37. The van der Waals surface area contributed by atoms with Gasteiger partial charge in [-0.2, -0.15) is 0 Å². The Morgan fingerprint density at radius 1 is 1.06 bits per heavy atom. The molecule has 0 saturated carbocycles. The highest BCUT2D eigenvalue weighted by atomic mass is 16.5. The molecular formula is C29H34N2O4. The third-order valence-electron chi connectivity index (χ3n) is 8.18. The molecule has 0 bridgehead atoms. The van der Waals surface area contributed by atoms with Crippen molar-refractivity contribution in [3.05, 3.63) is 57.9 Å². The van der Waals surface area contributed by atoms with Crippen molar-refractivity contribution in [2.75, 3.05) is 33.5 Å². The molecule has 6 nitrogen and oxygen atoms in total. The van der Waals surface area contributed by atoms with Gasteiger partial charge in [0.25, 0.3) is 0 Å². The Balaban J connectivity index is 1.33. The van der Waals surface area contributed by atoms with Crippen molar-refractivity contribution in [3.63, 3.8) is 0 Å². The van der Waals surface area contributed by atoms with Crippen LogP contribution in [0.3, 0.4) is 0 Å². The Bertz CT molecular complexity index is 1300. The monoisotopic (exact) mass is 474 g/mol. The van der Waals surface area contributed by atoms with Gasteiger partial charge in [0.1, 0.15) is 29.6 Å². The van der Waals surface area contributed by atoms with Crippen molar-refractivity contribution in [1.29, 1.82) is 0 Å². The van der Waals surface area contributed by atoms with Crippen LogP contribution in [0.1, 0.15) is 43.4 Å². The standard InChI is InChI=1S/C29H34N2O4/c1-19-27(21-9-3-4-11-25(21)33-2)28(32)22-12-13-26-23(29(22)35-19)17-30(18-34-26)16-20-8-7-15-31-14-6-5-10-24(20)31/h3-4,9,11-13,20,24H,5-8,10,14-18H2,1-2H3/t20-,24+/m0/s1. The number of ether oxygens (including phenoxy) is 2. The smallest absolute Gasteiger partial charge is 0.200 e. The fourth-order valence-corrected chi connectivity index (χ4v) is 6.52. The van der Waals surface area contributed by atoms with E-state index in [2.05, 4.69) is 9.80 Å². The van der Waals surface area contributed by atoms with Crippen molar-refractivity contribution in [2.45, 2.75) is 51.6 Å². The maximum atomic E-state index is 13.7. The van der Waals surface area contributed by atoms with Crippen LogP contribution in [0.25, 0.3) is 22.1 Å². The maximum Gasteiger partial charge on any atom is 0.200 e. The molecular weight excluding hydrogens is 440 g/mol. The van der Waals surface area contributed by atoms with Gasteiger partial charge in [-0.1, -0.05) is 24.6 Å². The first-order chi connectivity index (χ1) is 17.1. The first kappa shape index (κ1) is 22.6. The van der Waals surface area contributed by atoms with E-state index < -0.39 is 0 Å². The van der Waals surface area contributed by atoms with Gasteiger partial charge in [-0.15, -0.1) is 0 Å². The van der Waals surface area contributed by atoms with E-state index >= 15 is 0 Å². The van der Waals surface area contributed by atoms with E-state index in [1.54, 1.807) is 7.11 Å². The van der Waals surface area contributed by atoms with E-state index in [1.165, 1.54) is 45.2 Å². The Hall–Kier alpha value is -2.83. The SMILES string of the molecule is COc1ccccc1-c1c(C)oc2c3c(ccc2c1=O)OCN(C[C@@H]1CCCN2CCCC[C@H]12)C3. The molecule has 0 radical (unpaired) electrons. The number of fused-ring (bicyclic) bond motifs is 4. The quantitative estimate of drug-likeness (QED) is 0.519. The number of benzene rings is 2. The molecule has 2 saturated heterocycles. The normalized spacial score (nSPS) is 22.9. The van der Waals surface area contributed by atoms with E-state index in [0.29, 0.717) is 46.7 Å². The number of methoxy groups -OCH3 is 1. The van der Waals surface area contributed by atoms with Crippen molar-refractivity contribution >= 4 is 11.0 Å². The van der Waals surface area contributed by atoms with Gasteiger partial charge in [-0.3, -0.25) is 9.69 Å². The van der Waals surface area contributed by atoms with Gasteiger partial charge in [0.05, 0.1) is 23.6 Å². The minimum Gasteiger partial charge on any atom is -0.496 e. The van der Waals surface area contributed by atoms with Crippen LogP contribution < -0.4 is 14.9 Å². The fraction of sp³-hybridized carbons (Fsp3) is 0.483. The lowest BCUT2D eigenvalue weighted by atomic mass is 9.83. The van der Waals surface area contributed by atoms with Crippen LogP contribution in [-0.2, 0) is 6.54 Å². The number of para-hydroxylation sites is 1. The summed E-state index contributed by atoms with van der Waals surface area (Å²) in [6, 6.07) is 12.1. The van der Waals surface area contributed by atoms with Gasteiger partial charge in [0.2, 0.25) is 5.43 Å². The predicted molar refractivity (Wildman–Crippen MR) is 137 cm³/mol. The molecule has 6 heteroatoms. The van der Waals surface area contributed by atoms with E-state index in [9.17, 15) is 4.79 Å². The van der Waals surface area contributed by atoms with Gasteiger partial charge in [-0.25, -0.2) is 0 Å². The molecule has 3 aliphatic rings. The van der Waals surface area contributed by atoms with Crippen LogP contribution >= 0.6 is 0 Å². The lowest BCUT2D eigenvalue weighted by Gasteiger charge is -2.46. The zero-order valence-corrected chi connectivity index (χ0v) is 20.7. The molecule has 3 aromatic rings. The van der Waals surface area contributed by atoms with Crippen molar-refractivity contribution in [3.8, 4) is 22.6 Å². The molecule has 6 rings (SSSR count). The third-order valence-corrected chi connectivity index (χ3v) is 8.18.